The normalized spacial score (nSPS) is 39.5. The summed E-state index contributed by atoms with van der Waals surface area (Å²) in [6.07, 6.45) is 1.15. The van der Waals surface area contributed by atoms with Crippen molar-refractivity contribution >= 4 is 18.1 Å². The van der Waals surface area contributed by atoms with Crippen LogP contribution < -0.4 is 0 Å². The molecule has 5 heteroatoms. The van der Waals surface area contributed by atoms with Gasteiger partial charge in [0.1, 0.15) is 0 Å². The largest absolute Gasteiger partial charge is 0.328 e. The lowest BCUT2D eigenvalue weighted by atomic mass is 10.3. The minimum absolute atomic E-state index is 0.143. The molecule has 0 aliphatic carbocycles. The summed E-state index contributed by atoms with van der Waals surface area (Å²) in [5, 5.41) is 0. The number of rotatable bonds is 1. The second-order valence-electron chi connectivity index (χ2n) is 2.85. The maximum Gasteiger partial charge on any atom is 0.328 e. The van der Waals surface area contributed by atoms with Crippen LogP contribution in [0.5, 0.6) is 0 Å². The van der Waals surface area contributed by atoms with Gasteiger partial charge in [-0.2, -0.15) is 0 Å². The van der Waals surface area contributed by atoms with Crippen LogP contribution >= 0.6 is 18.1 Å². The molecule has 1 heterocycles. The van der Waals surface area contributed by atoms with E-state index in [-0.39, 0.29) is 6.10 Å². The van der Waals surface area contributed by atoms with Crippen LogP contribution in [0, 0.1) is 0 Å². The van der Waals surface area contributed by atoms with E-state index >= 15 is 0 Å². The van der Waals surface area contributed by atoms with Crippen molar-refractivity contribution in [2.24, 2.45) is 0 Å². The fourth-order valence-corrected chi connectivity index (χ4v) is 4.89. The van der Waals surface area contributed by atoms with Gasteiger partial charge in [-0.1, -0.05) is 11.4 Å². The van der Waals surface area contributed by atoms with Gasteiger partial charge in [-0.3, -0.25) is 4.57 Å². The molecule has 1 saturated heterocycles. The molecule has 0 bridgehead atoms. The van der Waals surface area contributed by atoms with Gasteiger partial charge in [0.25, 0.3) is 0 Å². The maximum absolute atomic E-state index is 11.8. The van der Waals surface area contributed by atoms with Crippen LogP contribution in [0.4, 0.5) is 0 Å². The second-order valence-corrected chi connectivity index (χ2v) is 7.63. The number of hydrogen-bond acceptors (Lipinski definition) is 3. The highest BCUT2D eigenvalue weighted by Gasteiger charge is 2.33. The predicted molar refractivity (Wildman–Crippen MR) is 48.9 cm³/mol. The Bertz CT molecular complexity index is 185. The van der Waals surface area contributed by atoms with Crippen molar-refractivity contribution in [2.75, 3.05) is 19.8 Å². The first-order chi connectivity index (χ1) is 5.04. The van der Waals surface area contributed by atoms with Gasteiger partial charge in [-0.25, -0.2) is 4.67 Å². The zero-order valence-electron chi connectivity index (χ0n) is 7.11. The molecule has 0 saturated carbocycles. The van der Waals surface area contributed by atoms with Crippen LogP contribution in [-0.4, -0.2) is 30.6 Å². The molecular weight excluding hydrogens is 181 g/mol. The highest BCUT2D eigenvalue weighted by molar-refractivity contribution is 8.55. The van der Waals surface area contributed by atoms with E-state index in [2.05, 4.69) is 0 Å². The lowest BCUT2D eigenvalue weighted by Gasteiger charge is -2.30. The van der Waals surface area contributed by atoms with Crippen molar-refractivity contribution in [2.45, 2.75) is 19.4 Å². The van der Waals surface area contributed by atoms with E-state index in [9.17, 15) is 4.57 Å². The molecule has 11 heavy (non-hydrogen) atoms. The molecular formula is C6H14NO2PS. The number of nitrogens with zero attached hydrogens (tertiary/aromatic N) is 1. The minimum atomic E-state index is -2.49. The van der Waals surface area contributed by atoms with Crippen LogP contribution in [-0.2, 0) is 9.09 Å². The molecule has 3 nitrogen and oxygen atoms in total. The van der Waals surface area contributed by atoms with E-state index in [0.29, 0.717) is 0 Å². The van der Waals surface area contributed by atoms with E-state index in [1.165, 1.54) is 11.4 Å². The van der Waals surface area contributed by atoms with E-state index in [0.717, 1.165) is 12.2 Å². The molecule has 0 aromatic carbocycles. The van der Waals surface area contributed by atoms with Crippen molar-refractivity contribution in [3.8, 4) is 0 Å². The highest BCUT2D eigenvalue weighted by atomic mass is 32.7. The van der Waals surface area contributed by atoms with Gasteiger partial charge in [0, 0.05) is 5.75 Å². The molecule has 0 N–H and O–H groups in total. The van der Waals surface area contributed by atoms with E-state index in [4.69, 9.17) is 4.52 Å². The molecule has 2 unspecified atom stereocenters. The standard InChI is InChI=1S/C6H14NO2PS/c1-6-4-5-11-10(8,9-6)7(2)3/h6H,4-5H2,1-3H3. The Kier molecular flexibility index (Phi) is 3.03. The van der Waals surface area contributed by atoms with Crippen LogP contribution in [0.3, 0.4) is 0 Å². The SMILES string of the molecule is CC1CCSP(=O)(N(C)C)O1. The summed E-state index contributed by atoms with van der Waals surface area (Å²) in [7, 11) is 3.59. The summed E-state index contributed by atoms with van der Waals surface area (Å²) < 4.78 is 18.9. The molecule has 2 atom stereocenters. The van der Waals surface area contributed by atoms with Gasteiger partial charge in [0.15, 0.2) is 0 Å². The Balaban J connectivity index is 2.63. The fourth-order valence-electron chi connectivity index (χ4n) is 0.854. The summed E-state index contributed by atoms with van der Waals surface area (Å²) in [6.45, 7) is -0.523. The Hall–Kier alpha value is 0.500. The van der Waals surface area contributed by atoms with Crippen molar-refractivity contribution in [1.29, 1.82) is 0 Å². The van der Waals surface area contributed by atoms with Gasteiger partial charge in [0.05, 0.1) is 6.10 Å². The Labute approximate surface area is 71.7 Å². The van der Waals surface area contributed by atoms with Crippen LogP contribution in [0.15, 0.2) is 0 Å². The molecule has 1 aliphatic heterocycles. The lowest BCUT2D eigenvalue weighted by molar-refractivity contribution is 0.206. The van der Waals surface area contributed by atoms with Crippen molar-refractivity contribution < 1.29 is 9.09 Å². The van der Waals surface area contributed by atoms with Crippen LogP contribution in [0.2, 0.25) is 0 Å². The molecule has 0 radical (unpaired) electrons. The van der Waals surface area contributed by atoms with Crippen LogP contribution in [0.25, 0.3) is 0 Å². The third kappa shape index (κ3) is 2.22. The second kappa shape index (κ2) is 3.48. The van der Waals surface area contributed by atoms with Crippen molar-refractivity contribution in [1.82, 2.24) is 4.67 Å². The highest BCUT2D eigenvalue weighted by Crippen LogP contribution is 2.64. The number of hydrogen-bond donors (Lipinski definition) is 0. The van der Waals surface area contributed by atoms with Gasteiger partial charge in [-0.05, 0) is 27.4 Å². The molecule has 0 aromatic rings. The monoisotopic (exact) mass is 195 g/mol. The van der Waals surface area contributed by atoms with Crippen molar-refractivity contribution in [3.63, 3.8) is 0 Å². The minimum Gasteiger partial charge on any atom is -0.307 e. The zero-order valence-corrected chi connectivity index (χ0v) is 8.82. The Morgan fingerprint density at radius 3 is 2.64 bits per heavy atom. The lowest BCUT2D eigenvalue weighted by Crippen LogP contribution is -2.19. The average molecular weight is 195 g/mol. The molecule has 0 amide bonds. The van der Waals surface area contributed by atoms with Gasteiger partial charge < -0.3 is 4.52 Å². The third-order valence-corrected chi connectivity index (χ3v) is 6.70. The quantitative estimate of drug-likeness (QED) is 0.600. The summed E-state index contributed by atoms with van der Waals surface area (Å²) in [5.41, 5.74) is 0. The fraction of sp³-hybridized carbons (Fsp3) is 1.00. The van der Waals surface area contributed by atoms with Crippen LogP contribution in [0.1, 0.15) is 13.3 Å². The van der Waals surface area contributed by atoms with E-state index in [1.807, 2.05) is 6.92 Å². The summed E-state index contributed by atoms with van der Waals surface area (Å²) in [6, 6.07) is 0. The molecule has 1 aliphatic rings. The zero-order chi connectivity index (χ0) is 8.48. The summed E-state index contributed by atoms with van der Waals surface area (Å²) >= 11 is 1.44. The first-order valence-corrected chi connectivity index (χ1v) is 6.82. The molecule has 66 valence electrons. The topological polar surface area (TPSA) is 29.5 Å². The molecule has 0 spiro atoms. The van der Waals surface area contributed by atoms with Crippen molar-refractivity contribution in [3.05, 3.63) is 0 Å². The molecule has 0 aromatic heterocycles. The Morgan fingerprint density at radius 2 is 2.27 bits per heavy atom. The predicted octanol–water partition coefficient (Wildman–Crippen LogP) is 2.20. The first kappa shape index (κ1) is 9.59. The first-order valence-electron chi connectivity index (χ1n) is 3.65. The third-order valence-electron chi connectivity index (χ3n) is 1.58. The summed E-state index contributed by atoms with van der Waals surface area (Å²) in [5.74, 6) is 0.941. The maximum atomic E-state index is 11.8. The van der Waals surface area contributed by atoms with Gasteiger partial charge >= 0.3 is 6.72 Å². The Morgan fingerprint density at radius 1 is 1.64 bits per heavy atom. The van der Waals surface area contributed by atoms with E-state index < -0.39 is 6.72 Å². The average Bonchev–Trinajstić information content (AvgIpc) is 1.86. The molecule has 1 rings (SSSR count). The van der Waals surface area contributed by atoms with E-state index in [1.54, 1.807) is 18.8 Å². The molecule has 1 fully saturated rings. The van der Waals surface area contributed by atoms with Gasteiger partial charge in [0.2, 0.25) is 0 Å². The van der Waals surface area contributed by atoms with Gasteiger partial charge in [-0.15, -0.1) is 0 Å². The smallest absolute Gasteiger partial charge is 0.307 e. The summed E-state index contributed by atoms with van der Waals surface area (Å²) in [4.78, 5) is 0.